The van der Waals surface area contributed by atoms with Crippen molar-refractivity contribution < 1.29 is 23.9 Å². The maximum atomic E-state index is 12.4. The third-order valence-corrected chi connectivity index (χ3v) is 5.33. The van der Waals surface area contributed by atoms with E-state index in [-0.39, 0.29) is 49.8 Å². The lowest BCUT2D eigenvalue weighted by molar-refractivity contribution is -0.130. The van der Waals surface area contributed by atoms with E-state index in [1.165, 1.54) is 0 Å². The summed E-state index contributed by atoms with van der Waals surface area (Å²) in [6.07, 6.45) is -0.526. The summed E-state index contributed by atoms with van der Waals surface area (Å²) in [4.78, 5) is 38.7. The molecular weight excluding hydrogens is 398 g/mol. The van der Waals surface area contributed by atoms with E-state index in [2.05, 4.69) is 10.6 Å². The summed E-state index contributed by atoms with van der Waals surface area (Å²) in [5, 5.41) is 5.54. The Labute approximate surface area is 180 Å². The molecule has 2 aromatic carbocycles. The molecule has 31 heavy (non-hydrogen) atoms. The van der Waals surface area contributed by atoms with Crippen molar-refractivity contribution in [2.24, 2.45) is 5.92 Å². The number of rotatable bonds is 7. The molecular formula is C23H25N3O5. The van der Waals surface area contributed by atoms with Gasteiger partial charge in [0.25, 0.3) is 5.91 Å². The van der Waals surface area contributed by atoms with Crippen LogP contribution < -0.4 is 20.1 Å². The van der Waals surface area contributed by atoms with Crippen LogP contribution in [0.25, 0.3) is 0 Å². The van der Waals surface area contributed by atoms with E-state index >= 15 is 0 Å². The summed E-state index contributed by atoms with van der Waals surface area (Å²) in [7, 11) is 0. The molecule has 0 spiro atoms. The number of nitrogens with one attached hydrogen (secondary N) is 2. The summed E-state index contributed by atoms with van der Waals surface area (Å²) in [5.41, 5.74) is 1.04. The average molecular weight is 423 g/mol. The first kappa shape index (κ1) is 20.7. The van der Waals surface area contributed by atoms with Gasteiger partial charge in [0.05, 0.1) is 5.92 Å². The number of carbonyl (C=O) groups excluding carboxylic acids is 3. The van der Waals surface area contributed by atoms with Crippen LogP contribution in [0, 0.1) is 5.92 Å². The number of carbonyl (C=O) groups is 3. The highest BCUT2D eigenvalue weighted by Crippen LogP contribution is 2.30. The zero-order valence-corrected chi connectivity index (χ0v) is 17.1. The summed E-state index contributed by atoms with van der Waals surface area (Å²) in [6.45, 7) is 1.58. The Hall–Kier alpha value is -3.55. The Bertz CT molecular complexity index is 949. The predicted molar refractivity (Wildman–Crippen MR) is 112 cm³/mol. The average Bonchev–Trinajstić information content (AvgIpc) is 3.17. The van der Waals surface area contributed by atoms with Crippen LogP contribution in [0.5, 0.6) is 11.5 Å². The largest absolute Gasteiger partial charge is 0.485 e. The van der Waals surface area contributed by atoms with Crippen molar-refractivity contribution in [3.05, 3.63) is 60.2 Å². The number of nitrogens with zero attached hydrogens (tertiary/aromatic N) is 1. The molecule has 0 radical (unpaired) electrons. The highest BCUT2D eigenvalue weighted by molar-refractivity contribution is 5.89. The fraction of sp³-hybridized carbons (Fsp3) is 0.348. The minimum atomic E-state index is -0.732. The Kier molecular flexibility index (Phi) is 6.35. The third kappa shape index (κ3) is 5.14. The molecule has 8 heteroatoms. The van der Waals surface area contributed by atoms with Gasteiger partial charge in [-0.2, -0.15) is 0 Å². The molecule has 162 valence electrons. The highest BCUT2D eigenvalue weighted by atomic mass is 16.6. The number of para-hydroxylation sites is 2. The number of ether oxygens (including phenoxy) is 2. The van der Waals surface area contributed by atoms with Gasteiger partial charge in [-0.15, -0.1) is 0 Å². The molecule has 8 nitrogen and oxygen atoms in total. The van der Waals surface area contributed by atoms with E-state index in [0.29, 0.717) is 24.6 Å². The second-order valence-electron chi connectivity index (χ2n) is 7.61. The molecule has 3 amide bonds. The zero-order valence-electron chi connectivity index (χ0n) is 17.1. The van der Waals surface area contributed by atoms with Crippen molar-refractivity contribution in [2.75, 3.05) is 26.2 Å². The van der Waals surface area contributed by atoms with Crippen LogP contribution in [0.1, 0.15) is 12.0 Å². The van der Waals surface area contributed by atoms with Crippen molar-refractivity contribution in [3.63, 3.8) is 0 Å². The fourth-order valence-electron chi connectivity index (χ4n) is 3.68. The monoisotopic (exact) mass is 423 g/mol. The summed E-state index contributed by atoms with van der Waals surface area (Å²) >= 11 is 0. The first-order chi connectivity index (χ1) is 15.1. The molecule has 2 aliphatic rings. The van der Waals surface area contributed by atoms with E-state index < -0.39 is 6.10 Å². The molecule has 2 aromatic rings. The van der Waals surface area contributed by atoms with Gasteiger partial charge >= 0.3 is 0 Å². The minimum absolute atomic E-state index is 0.0213. The second kappa shape index (κ2) is 9.51. The maximum absolute atomic E-state index is 12.4. The quantitative estimate of drug-likeness (QED) is 0.651. The van der Waals surface area contributed by atoms with Crippen molar-refractivity contribution >= 4 is 17.7 Å². The van der Waals surface area contributed by atoms with Crippen molar-refractivity contribution in [3.8, 4) is 11.5 Å². The topological polar surface area (TPSA) is 97.0 Å². The number of likely N-dealkylation sites (tertiary alicyclic amines) is 1. The molecule has 0 saturated carbocycles. The molecule has 2 atom stereocenters. The summed E-state index contributed by atoms with van der Waals surface area (Å²) in [6, 6.07) is 16.9. The maximum Gasteiger partial charge on any atom is 0.264 e. The Morgan fingerprint density at radius 1 is 0.935 bits per heavy atom. The van der Waals surface area contributed by atoms with E-state index in [1.54, 1.807) is 17.0 Å². The fourth-order valence-corrected chi connectivity index (χ4v) is 3.68. The van der Waals surface area contributed by atoms with E-state index in [4.69, 9.17) is 9.47 Å². The lowest BCUT2D eigenvalue weighted by Crippen LogP contribution is -2.46. The number of hydrogen-bond donors (Lipinski definition) is 2. The van der Waals surface area contributed by atoms with E-state index in [0.717, 1.165) is 5.56 Å². The van der Waals surface area contributed by atoms with Crippen LogP contribution in [0.4, 0.5) is 0 Å². The molecule has 0 aliphatic carbocycles. The number of fused-ring (bicyclic) bond motifs is 1. The molecule has 1 saturated heterocycles. The number of benzene rings is 2. The van der Waals surface area contributed by atoms with Crippen LogP contribution in [0.3, 0.4) is 0 Å². The van der Waals surface area contributed by atoms with Crippen LogP contribution >= 0.6 is 0 Å². The van der Waals surface area contributed by atoms with Crippen LogP contribution in [-0.4, -0.2) is 55.0 Å². The molecule has 2 aliphatic heterocycles. The normalized spacial score (nSPS) is 19.7. The molecule has 0 unspecified atom stereocenters. The Balaban J connectivity index is 1.17. The number of amides is 3. The van der Waals surface area contributed by atoms with Crippen molar-refractivity contribution in [1.82, 2.24) is 15.5 Å². The molecule has 2 heterocycles. The standard InChI is InChI=1S/C23H25N3O5/c27-21-12-17(14-26(21)13-16-6-2-1-3-7-16)22(28)24-10-11-25-23(29)20-15-30-18-8-4-5-9-19(18)31-20/h1-9,17,20H,10-15H2,(H,24,28)(H,25,29)/t17-,20-/m0/s1. The molecule has 1 fully saturated rings. The molecule has 2 N–H and O–H groups in total. The van der Waals surface area contributed by atoms with Gasteiger partial charge in [-0.1, -0.05) is 42.5 Å². The predicted octanol–water partition coefficient (Wildman–Crippen LogP) is 1.11. The second-order valence-corrected chi connectivity index (χ2v) is 7.61. The third-order valence-electron chi connectivity index (χ3n) is 5.33. The van der Waals surface area contributed by atoms with Crippen molar-refractivity contribution in [1.29, 1.82) is 0 Å². The van der Waals surface area contributed by atoms with Crippen molar-refractivity contribution in [2.45, 2.75) is 19.1 Å². The highest BCUT2D eigenvalue weighted by Gasteiger charge is 2.34. The summed E-state index contributed by atoms with van der Waals surface area (Å²) < 4.78 is 11.2. The zero-order chi connectivity index (χ0) is 21.6. The van der Waals surface area contributed by atoms with Gasteiger partial charge in [-0.25, -0.2) is 0 Å². The molecule has 0 bridgehead atoms. The molecule has 0 aromatic heterocycles. The SMILES string of the molecule is O=C(NCCNC(=O)[C@@H]1COc2ccccc2O1)[C@H]1CC(=O)N(Cc2ccccc2)C1. The number of hydrogen-bond acceptors (Lipinski definition) is 5. The van der Waals surface area contributed by atoms with Crippen LogP contribution in [0.15, 0.2) is 54.6 Å². The lowest BCUT2D eigenvalue weighted by atomic mass is 10.1. The summed E-state index contributed by atoms with van der Waals surface area (Å²) in [5.74, 6) is 0.281. The van der Waals surface area contributed by atoms with Crippen LogP contribution in [-0.2, 0) is 20.9 Å². The van der Waals surface area contributed by atoms with Gasteiger partial charge in [-0.05, 0) is 17.7 Å². The van der Waals surface area contributed by atoms with E-state index in [9.17, 15) is 14.4 Å². The van der Waals surface area contributed by atoms with Gasteiger partial charge in [0, 0.05) is 32.6 Å². The lowest BCUT2D eigenvalue weighted by Gasteiger charge is -2.25. The molecule has 4 rings (SSSR count). The smallest absolute Gasteiger partial charge is 0.264 e. The van der Waals surface area contributed by atoms with Crippen LogP contribution in [0.2, 0.25) is 0 Å². The van der Waals surface area contributed by atoms with E-state index in [1.807, 2.05) is 42.5 Å². The Morgan fingerprint density at radius 2 is 1.61 bits per heavy atom. The Morgan fingerprint density at radius 3 is 2.39 bits per heavy atom. The van der Waals surface area contributed by atoms with Gasteiger partial charge in [0.15, 0.2) is 11.5 Å². The minimum Gasteiger partial charge on any atom is -0.485 e. The van der Waals surface area contributed by atoms with Gasteiger partial charge in [0.2, 0.25) is 17.9 Å². The first-order valence-corrected chi connectivity index (χ1v) is 10.4. The first-order valence-electron chi connectivity index (χ1n) is 10.4. The van der Waals surface area contributed by atoms with Gasteiger partial charge in [0.1, 0.15) is 6.61 Å². The van der Waals surface area contributed by atoms with Gasteiger partial charge in [-0.3, -0.25) is 14.4 Å². The van der Waals surface area contributed by atoms with Gasteiger partial charge < -0.3 is 25.0 Å².